The fourth-order valence-electron chi connectivity index (χ4n) is 1.98. The summed E-state index contributed by atoms with van der Waals surface area (Å²) in [7, 11) is 0. The molecule has 0 amide bonds. The topological polar surface area (TPSA) is 84.8 Å². The smallest absolute Gasteiger partial charge is 0.174 e. The first-order chi connectivity index (χ1) is 10.8. The molecule has 0 atom stereocenters. The third kappa shape index (κ3) is 2.90. The maximum atomic E-state index is 8.53. The second kappa shape index (κ2) is 6.24. The highest BCUT2D eigenvalue weighted by molar-refractivity contribution is 7.13. The summed E-state index contributed by atoms with van der Waals surface area (Å²) in [6.45, 7) is -0.0224. The van der Waals surface area contributed by atoms with Gasteiger partial charge in [-0.1, -0.05) is 0 Å². The van der Waals surface area contributed by atoms with Crippen LogP contribution in [0.4, 0.5) is 5.69 Å². The van der Waals surface area contributed by atoms with Crippen molar-refractivity contribution in [2.24, 2.45) is 0 Å². The molecule has 0 aliphatic rings. The first-order valence-electron chi connectivity index (χ1n) is 6.53. The third-order valence-electron chi connectivity index (χ3n) is 3.01. The maximum absolute atomic E-state index is 8.53. The number of benzene rings is 1. The number of thiazole rings is 1. The molecule has 22 heavy (non-hydrogen) atoms. The summed E-state index contributed by atoms with van der Waals surface area (Å²) in [4.78, 5) is 8.71. The number of hydrogen-bond acceptors (Lipinski definition) is 6. The first-order valence-corrected chi connectivity index (χ1v) is 7.41. The Morgan fingerprint density at radius 2 is 2.18 bits per heavy atom. The van der Waals surface area contributed by atoms with Gasteiger partial charge in [0.05, 0.1) is 11.4 Å². The number of nitrogens with zero attached hydrogens (tertiary/aromatic N) is 3. The Hall–Kier alpha value is -2.91. The van der Waals surface area contributed by atoms with Gasteiger partial charge in [0.1, 0.15) is 16.8 Å². The second-order valence-corrected chi connectivity index (χ2v) is 5.34. The summed E-state index contributed by atoms with van der Waals surface area (Å²) in [5.74, 6) is 0.507. The van der Waals surface area contributed by atoms with E-state index in [0.29, 0.717) is 11.4 Å². The monoisotopic (exact) mass is 308 g/mol. The highest BCUT2D eigenvalue weighted by Crippen LogP contribution is 2.32. The van der Waals surface area contributed by atoms with Crippen molar-refractivity contribution in [1.82, 2.24) is 9.97 Å². The van der Waals surface area contributed by atoms with E-state index in [1.165, 1.54) is 0 Å². The molecule has 0 unspecified atom stereocenters. The van der Waals surface area contributed by atoms with Crippen molar-refractivity contribution in [3.63, 3.8) is 0 Å². The zero-order chi connectivity index (χ0) is 15.4. The predicted molar refractivity (Wildman–Crippen MR) is 86.3 cm³/mol. The van der Waals surface area contributed by atoms with Gasteiger partial charge in [-0.15, -0.1) is 11.3 Å². The van der Waals surface area contributed by atoms with Crippen LogP contribution in [0.25, 0.3) is 21.8 Å². The van der Waals surface area contributed by atoms with Gasteiger partial charge in [0.2, 0.25) is 0 Å². The Bertz CT molecular complexity index is 824. The van der Waals surface area contributed by atoms with Gasteiger partial charge >= 0.3 is 0 Å². The molecule has 0 saturated carbocycles. The van der Waals surface area contributed by atoms with E-state index in [1.54, 1.807) is 35.9 Å². The lowest BCUT2D eigenvalue weighted by Gasteiger charge is -2.06. The van der Waals surface area contributed by atoms with Gasteiger partial charge in [0, 0.05) is 28.9 Å². The highest BCUT2D eigenvalue weighted by Gasteiger charge is 2.09. The Balaban J connectivity index is 1.88. The molecule has 0 spiro atoms. The Morgan fingerprint density at radius 3 is 2.91 bits per heavy atom. The molecule has 0 saturated heterocycles. The molecule has 0 aliphatic heterocycles. The van der Waals surface area contributed by atoms with Crippen molar-refractivity contribution in [2.75, 3.05) is 12.3 Å². The Labute approximate surface area is 131 Å². The molecule has 3 aromatic rings. The fraction of sp³-hybridized carbons (Fsp3) is 0.0625. The molecule has 2 aromatic heterocycles. The standard InChI is InChI=1S/C16H12N4OS/c17-5-7-21-15-4-3-11(8-13(15)18)14-10-22-16(20-14)12-2-1-6-19-9-12/h1-4,6,8-10H,7,18H2. The highest BCUT2D eigenvalue weighted by atomic mass is 32.1. The number of nitrogen functional groups attached to an aromatic ring is 1. The minimum Gasteiger partial charge on any atom is -0.477 e. The zero-order valence-corrected chi connectivity index (χ0v) is 12.4. The Morgan fingerprint density at radius 1 is 1.27 bits per heavy atom. The van der Waals surface area contributed by atoms with Gasteiger partial charge in [-0.2, -0.15) is 5.26 Å². The van der Waals surface area contributed by atoms with Crippen molar-refractivity contribution in [3.8, 4) is 33.6 Å². The number of nitrogens with two attached hydrogens (primary N) is 1. The lowest BCUT2D eigenvalue weighted by Crippen LogP contribution is -1.98. The van der Waals surface area contributed by atoms with Gasteiger partial charge in [0.15, 0.2) is 6.61 Å². The van der Waals surface area contributed by atoms with Gasteiger partial charge in [-0.25, -0.2) is 4.98 Å². The molecule has 0 fully saturated rings. The van der Waals surface area contributed by atoms with E-state index >= 15 is 0 Å². The summed E-state index contributed by atoms with van der Waals surface area (Å²) in [6, 6.07) is 11.2. The molecule has 0 aliphatic carbocycles. The molecule has 0 bridgehead atoms. The average molecular weight is 308 g/mol. The van der Waals surface area contributed by atoms with E-state index in [4.69, 9.17) is 15.7 Å². The number of rotatable bonds is 4. The number of pyridine rings is 1. The summed E-state index contributed by atoms with van der Waals surface area (Å²) >= 11 is 1.56. The number of ether oxygens (including phenoxy) is 1. The summed E-state index contributed by atoms with van der Waals surface area (Å²) in [5.41, 5.74) is 9.18. The van der Waals surface area contributed by atoms with Crippen molar-refractivity contribution >= 4 is 17.0 Å². The van der Waals surface area contributed by atoms with Crippen molar-refractivity contribution in [2.45, 2.75) is 0 Å². The van der Waals surface area contributed by atoms with E-state index < -0.39 is 0 Å². The van der Waals surface area contributed by atoms with Crippen molar-refractivity contribution in [1.29, 1.82) is 5.26 Å². The van der Waals surface area contributed by atoms with Crippen LogP contribution in [0.5, 0.6) is 5.75 Å². The molecule has 0 radical (unpaired) electrons. The minimum absolute atomic E-state index is 0.0224. The van der Waals surface area contributed by atoms with Gasteiger partial charge in [-0.3, -0.25) is 4.98 Å². The van der Waals surface area contributed by atoms with Crippen LogP contribution in [0.2, 0.25) is 0 Å². The molecule has 108 valence electrons. The van der Waals surface area contributed by atoms with Gasteiger partial charge < -0.3 is 10.5 Å². The van der Waals surface area contributed by atoms with Crippen LogP contribution < -0.4 is 10.5 Å². The van der Waals surface area contributed by atoms with Crippen LogP contribution in [-0.4, -0.2) is 16.6 Å². The molecular weight excluding hydrogens is 296 g/mol. The predicted octanol–water partition coefficient (Wildman–Crippen LogP) is 3.36. The van der Waals surface area contributed by atoms with Crippen molar-refractivity contribution in [3.05, 3.63) is 48.1 Å². The molecule has 2 heterocycles. The summed E-state index contributed by atoms with van der Waals surface area (Å²) in [6.07, 6.45) is 3.52. The Kier molecular flexibility index (Phi) is 3.99. The summed E-state index contributed by atoms with van der Waals surface area (Å²) < 4.78 is 5.24. The number of aromatic nitrogens is 2. The zero-order valence-electron chi connectivity index (χ0n) is 11.6. The molecule has 5 nitrogen and oxygen atoms in total. The van der Waals surface area contributed by atoms with Crippen molar-refractivity contribution < 1.29 is 4.74 Å². The number of hydrogen-bond donors (Lipinski definition) is 1. The van der Waals surface area contributed by atoms with E-state index in [-0.39, 0.29) is 6.61 Å². The largest absolute Gasteiger partial charge is 0.477 e. The van der Waals surface area contributed by atoms with Crippen LogP contribution in [0.1, 0.15) is 0 Å². The minimum atomic E-state index is -0.0224. The van der Waals surface area contributed by atoms with Gasteiger partial charge in [0.25, 0.3) is 0 Å². The molecule has 1 aromatic carbocycles. The first kappa shape index (κ1) is 14.0. The maximum Gasteiger partial charge on any atom is 0.174 e. The molecular formula is C16H12N4OS. The average Bonchev–Trinajstić information content (AvgIpc) is 3.04. The molecule has 6 heteroatoms. The SMILES string of the molecule is N#CCOc1ccc(-c2csc(-c3cccnc3)n2)cc1N. The summed E-state index contributed by atoms with van der Waals surface area (Å²) in [5, 5.41) is 11.4. The van der Waals surface area contributed by atoms with Crippen LogP contribution in [0.3, 0.4) is 0 Å². The lowest BCUT2D eigenvalue weighted by molar-refractivity contribution is 0.370. The molecule has 2 N–H and O–H groups in total. The van der Waals surface area contributed by atoms with E-state index in [1.807, 2.05) is 29.6 Å². The van der Waals surface area contributed by atoms with Crippen LogP contribution >= 0.6 is 11.3 Å². The quantitative estimate of drug-likeness (QED) is 0.747. The lowest BCUT2D eigenvalue weighted by atomic mass is 10.1. The third-order valence-corrected chi connectivity index (χ3v) is 3.90. The fourth-order valence-corrected chi connectivity index (χ4v) is 2.80. The van der Waals surface area contributed by atoms with Crippen LogP contribution in [-0.2, 0) is 0 Å². The number of anilines is 1. The second-order valence-electron chi connectivity index (χ2n) is 4.48. The van der Waals surface area contributed by atoms with Crippen LogP contribution in [0.15, 0.2) is 48.1 Å². The number of nitriles is 1. The van der Waals surface area contributed by atoms with E-state index in [2.05, 4.69) is 9.97 Å². The normalized spacial score (nSPS) is 10.1. The van der Waals surface area contributed by atoms with Crippen LogP contribution in [0, 0.1) is 11.3 Å². The van der Waals surface area contributed by atoms with E-state index in [0.717, 1.165) is 21.8 Å². The van der Waals surface area contributed by atoms with Gasteiger partial charge in [-0.05, 0) is 30.3 Å². The van der Waals surface area contributed by atoms with E-state index in [9.17, 15) is 0 Å². The molecule has 3 rings (SSSR count).